The van der Waals surface area contributed by atoms with Crippen molar-refractivity contribution in [1.29, 1.82) is 0 Å². The smallest absolute Gasteiger partial charge is 0.298 e. The highest BCUT2D eigenvalue weighted by Gasteiger charge is 2.30. The van der Waals surface area contributed by atoms with Crippen LogP contribution >= 0.6 is 11.3 Å². The van der Waals surface area contributed by atoms with Crippen LogP contribution in [0.3, 0.4) is 0 Å². The monoisotopic (exact) mass is 420 g/mol. The highest BCUT2D eigenvalue weighted by molar-refractivity contribution is 7.19. The number of nitrogens with zero attached hydrogens (tertiary/aromatic N) is 3. The minimum atomic E-state index is -4.46. The van der Waals surface area contributed by atoms with Gasteiger partial charge in [0.15, 0.2) is 10.1 Å². The molecular formula is C19H12F4N4OS. The third-order valence-corrected chi connectivity index (χ3v) is 4.26. The molecule has 0 aliphatic rings. The van der Waals surface area contributed by atoms with Crippen molar-refractivity contribution in [1.82, 2.24) is 4.98 Å². The topological polar surface area (TPSA) is 66.7 Å². The van der Waals surface area contributed by atoms with Gasteiger partial charge in [0.1, 0.15) is 5.82 Å². The molecule has 0 saturated carbocycles. The molecule has 0 atom stereocenters. The third kappa shape index (κ3) is 6.04. The summed E-state index contributed by atoms with van der Waals surface area (Å²) in [6, 6.07) is 10.1. The molecule has 0 aliphatic carbocycles. The SMILES string of the molecule is O=C(C=Cc1ccc(F)cc1)Nc1ncc(N=Nc2cccc(C(F)(F)F)c2)s1. The molecule has 0 unspecified atom stereocenters. The second kappa shape index (κ2) is 8.74. The van der Waals surface area contributed by atoms with Crippen LogP contribution in [-0.4, -0.2) is 10.9 Å². The zero-order chi connectivity index (χ0) is 20.9. The first-order chi connectivity index (χ1) is 13.8. The summed E-state index contributed by atoms with van der Waals surface area (Å²) in [5, 5.41) is 10.7. The summed E-state index contributed by atoms with van der Waals surface area (Å²) in [7, 11) is 0. The number of thiazole rings is 1. The Kier molecular flexibility index (Phi) is 6.13. The Hall–Kier alpha value is -3.40. The van der Waals surface area contributed by atoms with Gasteiger partial charge < -0.3 is 0 Å². The summed E-state index contributed by atoms with van der Waals surface area (Å²) in [5.74, 6) is -0.828. The number of nitrogens with one attached hydrogen (secondary N) is 1. The summed E-state index contributed by atoms with van der Waals surface area (Å²) >= 11 is 1.00. The fourth-order valence-electron chi connectivity index (χ4n) is 2.11. The third-order valence-electron chi connectivity index (χ3n) is 3.46. The fraction of sp³-hybridized carbons (Fsp3) is 0.0526. The van der Waals surface area contributed by atoms with Crippen LogP contribution in [0.15, 0.2) is 71.0 Å². The van der Waals surface area contributed by atoms with Crippen molar-refractivity contribution < 1.29 is 22.4 Å². The molecule has 3 aromatic rings. The van der Waals surface area contributed by atoms with Gasteiger partial charge in [-0.15, -0.1) is 10.2 Å². The lowest BCUT2D eigenvalue weighted by molar-refractivity contribution is -0.137. The van der Waals surface area contributed by atoms with Crippen LogP contribution in [0.5, 0.6) is 0 Å². The number of aromatic nitrogens is 1. The van der Waals surface area contributed by atoms with Crippen molar-refractivity contribution >= 4 is 39.1 Å². The van der Waals surface area contributed by atoms with E-state index in [4.69, 9.17) is 0 Å². The Morgan fingerprint density at radius 1 is 1.10 bits per heavy atom. The van der Waals surface area contributed by atoms with Crippen molar-refractivity contribution in [3.05, 3.63) is 77.7 Å². The molecule has 3 rings (SSSR count). The van der Waals surface area contributed by atoms with Crippen LogP contribution in [0.4, 0.5) is 33.4 Å². The van der Waals surface area contributed by atoms with Gasteiger partial charge >= 0.3 is 6.18 Å². The molecule has 2 aromatic carbocycles. The molecule has 0 fully saturated rings. The van der Waals surface area contributed by atoms with Crippen LogP contribution in [0, 0.1) is 5.82 Å². The number of benzene rings is 2. The zero-order valence-electron chi connectivity index (χ0n) is 14.5. The molecule has 0 aliphatic heterocycles. The van der Waals surface area contributed by atoms with Crippen molar-refractivity contribution in [3.8, 4) is 0 Å². The van der Waals surface area contributed by atoms with Crippen molar-refractivity contribution in [2.45, 2.75) is 6.18 Å². The van der Waals surface area contributed by atoms with Gasteiger partial charge in [0, 0.05) is 6.08 Å². The van der Waals surface area contributed by atoms with E-state index in [2.05, 4.69) is 20.5 Å². The molecule has 1 aromatic heterocycles. The van der Waals surface area contributed by atoms with E-state index in [1.165, 1.54) is 54.7 Å². The second-order valence-corrected chi connectivity index (χ2v) is 6.63. The van der Waals surface area contributed by atoms with Crippen LogP contribution in [0.1, 0.15) is 11.1 Å². The van der Waals surface area contributed by atoms with Gasteiger partial charge in [-0.25, -0.2) is 9.37 Å². The Bertz CT molecular complexity index is 1060. The Morgan fingerprint density at radius 2 is 1.86 bits per heavy atom. The van der Waals surface area contributed by atoms with Crippen LogP contribution in [-0.2, 0) is 11.0 Å². The van der Waals surface area contributed by atoms with Gasteiger partial charge in [-0.2, -0.15) is 13.2 Å². The first kappa shape index (κ1) is 20.3. The quantitative estimate of drug-likeness (QED) is 0.296. The average molecular weight is 420 g/mol. The predicted octanol–water partition coefficient (Wildman–Crippen LogP) is 6.37. The maximum absolute atomic E-state index is 12.8. The number of alkyl halides is 3. The van der Waals surface area contributed by atoms with Crippen molar-refractivity contribution in [3.63, 3.8) is 0 Å². The van der Waals surface area contributed by atoms with E-state index >= 15 is 0 Å². The minimum Gasteiger partial charge on any atom is -0.298 e. The highest BCUT2D eigenvalue weighted by Crippen LogP contribution is 2.32. The number of hydrogen-bond acceptors (Lipinski definition) is 5. The van der Waals surface area contributed by atoms with Gasteiger partial charge in [-0.1, -0.05) is 29.5 Å². The number of carbonyl (C=O) groups excluding carboxylic acids is 1. The zero-order valence-corrected chi connectivity index (χ0v) is 15.3. The second-order valence-electron chi connectivity index (χ2n) is 5.63. The molecule has 5 nitrogen and oxygen atoms in total. The molecule has 0 spiro atoms. The molecule has 1 heterocycles. The number of amides is 1. The number of hydrogen-bond donors (Lipinski definition) is 1. The number of carbonyl (C=O) groups is 1. The van der Waals surface area contributed by atoms with Gasteiger partial charge in [0.25, 0.3) is 0 Å². The minimum absolute atomic E-state index is 0.0426. The largest absolute Gasteiger partial charge is 0.416 e. The normalized spacial score (nSPS) is 12.0. The van der Waals surface area contributed by atoms with E-state index in [0.717, 1.165) is 23.5 Å². The summed E-state index contributed by atoms with van der Waals surface area (Å²) < 4.78 is 50.9. The summed E-state index contributed by atoms with van der Waals surface area (Å²) in [6.07, 6.45) is -0.356. The summed E-state index contributed by atoms with van der Waals surface area (Å²) in [4.78, 5) is 15.9. The van der Waals surface area contributed by atoms with Crippen molar-refractivity contribution in [2.24, 2.45) is 10.2 Å². The van der Waals surface area contributed by atoms with Crippen LogP contribution in [0.2, 0.25) is 0 Å². The average Bonchev–Trinajstić information content (AvgIpc) is 3.13. The van der Waals surface area contributed by atoms with E-state index in [1.807, 2.05) is 0 Å². The van der Waals surface area contributed by atoms with Crippen LogP contribution in [0.25, 0.3) is 6.08 Å². The van der Waals surface area contributed by atoms with Crippen LogP contribution < -0.4 is 5.32 Å². The Labute approximate surface area is 166 Å². The lowest BCUT2D eigenvalue weighted by Crippen LogP contribution is -2.06. The molecule has 148 valence electrons. The fourth-order valence-corrected chi connectivity index (χ4v) is 2.76. The van der Waals surface area contributed by atoms with E-state index in [9.17, 15) is 22.4 Å². The summed E-state index contributed by atoms with van der Waals surface area (Å²) in [5.41, 5.74) is -0.128. The molecule has 0 saturated heterocycles. The number of rotatable bonds is 5. The molecule has 10 heteroatoms. The van der Waals surface area contributed by atoms with E-state index in [1.54, 1.807) is 0 Å². The van der Waals surface area contributed by atoms with E-state index in [-0.39, 0.29) is 16.6 Å². The number of anilines is 1. The number of halogens is 4. The van der Waals surface area contributed by atoms with Gasteiger partial charge in [-0.3, -0.25) is 10.1 Å². The van der Waals surface area contributed by atoms with Gasteiger partial charge in [0.2, 0.25) is 5.91 Å². The first-order valence-corrected chi connectivity index (χ1v) is 8.91. The Morgan fingerprint density at radius 3 is 2.59 bits per heavy atom. The molecule has 1 N–H and O–H groups in total. The van der Waals surface area contributed by atoms with Crippen molar-refractivity contribution in [2.75, 3.05) is 5.32 Å². The molecular weight excluding hydrogens is 408 g/mol. The Balaban J connectivity index is 1.61. The van der Waals surface area contributed by atoms with Gasteiger partial charge in [0.05, 0.1) is 17.4 Å². The standard InChI is InChI=1S/C19H12F4N4OS/c20-14-7-4-12(5-8-14)6-9-16(28)25-18-24-11-17(29-18)27-26-15-3-1-2-13(10-15)19(21,22)23/h1-11H,(H,24,25,28). The molecule has 29 heavy (non-hydrogen) atoms. The molecule has 0 radical (unpaired) electrons. The predicted molar refractivity (Wildman–Crippen MR) is 102 cm³/mol. The molecule has 0 bridgehead atoms. The summed E-state index contributed by atoms with van der Waals surface area (Å²) in [6.45, 7) is 0. The van der Waals surface area contributed by atoms with E-state index < -0.39 is 17.6 Å². The lowest BCUT2D eigenvalue weighted by atomic mass is 10.2. The maximum atomic E-state index is 12.8. The highest BCUT2D eigenvalue weighted by atomic mass is 32.1. The lowest BCUT2D eigenvalue weighted by Gasteiger charge is -2.05. The number of azo groups is 1. The molecule has 1 amide bonds. The van der Waals surface area contributed by atoms with E-state index in [0.29, 0.717) is 10.6 Å². The first-order valence-electron chi connectivity index (χ1n) is 8.09. The van der Waals surface area contributed by atoms with Gasteiger partial charge in [-0.05, 0) is 42.0 Å². The maximum Gasteiger partial charge on any atom is 0.416 e.